The smallest absolute Gasteiger partial charge is 0.331 e. The first kappa shape index (κ1) is 17.8. The molecule has 0 unspecified atom stereocenters. The highest BCUT2D eigenvalue weighted by atomic mass is 16.5. The Morgan fingerprint density at radius 2 is 1.82 bits per heavy atom. The summed E-state index contributed by atoms with van der Waals surface area (Å²) in [4.78, 5) is 11.6. The topological polar surface area (TPSA) is 46.5 Å². The maximum absolute atomic E-state index is 11.6. The van der Waals surface area contributed by atoms with E-state index in [1.54, 1.807) is 30.3 Å². The Morgan fingerprint density at radius 3 is 2.45 bits per heavy atom. The molecule has 0 amide bonds. The zero-order valence-electron chi connectivity index (χ0n) is 13.5. The molecule has 118 valence electrons. The molecule has 0 spiro atoms. The van der Waals surface area contributed by atoms with Crippen molar-refractivity contribution in [1.82, 2.24) is 0 Å². The molecule has 1 aromatic carbocycles. The molecule has 1 N–H and O–H groups in total. The maximum Gasteiger partial charge on any atom is 0.331 e. The average Bonchev–Trinajstić information content (AvgIpc) is 2.46. The number of allylic oxidation sites excluding steroid dienone is 3. The summed E-state index contributed by atoms with van der Waals surface area (Å²) in [6, 6.07) is 6.60. The van der Waals surface area contributed by atoms with Crippen LogP contribution in [0.2, 0.25) is 0 Å². The highest BCUT2D eigenvalue weighted by Gasteiger charge is 1.96. The predicted molar refractivity (Wildman–Crippen MR) is 90.5 cm³/mol. The van der Waals surface area contributed by atoms with Crippen LogP contribution in [0.1, 0.15) is 39.2 Å². The van der Waals surface area contributed by atoms with Crippen LogP contribution < -0.4 is 0 Å². The molecule has 3 nitrogen and oxygen atoms in total. The van der Waals surface area contributed by atoms with Crippen LogP contribution in [0.5, 0.6) is 5.75 Å². The van der Waals surface area contributed by atoms with Crippen LogP contribution in [0.3, 0.4) is 0 Å². The van der Waals surface area contributed by atoms with Crippen LogP contribution in [0.15, 0.2) is 53.6 Å². The number of benzene rings is 1. The SMILES string of the molecule is CC(C)=CCC/C(C)=C/COC(=O)/C=C/c1ccc(O)cc1. The Kier molecular flexibility index (Phi) is 7.76. The van der Waals surface area contributed by atoms with E-state index < -0.39 is 0 Å². The van der Waals surface area contributed by atoms with Gasteiger partial charge in [-0.15, -0.1) is 0 Å². The van der Waals surface area contributed by atoms with Crippen LogP contribution in [-0.2, 0) is 9.53 Å². The van der Waals surface area contributed by atoms with E-state index in [-0.39, 0.29) is 11.7 Å². The number of carbonyl (C=O) groups is 1. The Balaban J connectivity index is 2.33. The van der Waals surface area contributed by atoms with Gasteiger partial charge in [0.05, 0.1) is 0 Å². The van der Waals surface area contributed by atoms with E-state index in [2.05, 4.69) is 19.9 Å². The Bertz CT molecular complexity index is 559. The molecular formula is C19H24O3. The lowest BCUT2D eigenvalue weighted by Crippen LogP contribution is -2.00. The third-order valence-corrected chi connectivity index (χ3v) is 3.05. The number of hydrogen-bond acceptors (Lipinski definition) is 3. The van der Waals surface area contributed by atoms with E-state index in [0.29, 0.717) is 6.61 Å². The van der Waals surface area contributed by atoms with Gasteiger partial charge in [0.15, 0.2) is 0 Å². The van der Waals surface area contributed by atoms with Gasteiger partial charge in [0, 0.05) is 6.08 Å². The summed E-state index contributed by atoms with van der Waals surface area (Å²) < 4.78 is 5.12. The number of ether oxygens (including phenoxy) is 1. The van der Waals surface area contributed by atoms with Gasteiger partial charge < -0.3 is 9.84 Å². The highest BCUT2D eigenvalue weighted by Crippen LogP contribution is 2.11. The van der Waals surface area contributed by atoms with Gasteiger partial charge in [0.25, 0.3) is 0 Å². The van der Waals surface area contributed by atoms with Gasteiger partial charge in [-0.25, -0.2) is 4.79 Å². The van der Waals surface area contributed by atoms with E-state index in [1.165, 1.54) is 17.2 Å². The molecule has 0 aliphatic heterocycles. The fourth-order valence-corrected chi connectivity index (χ4v) is 1.75. The quantitative estimate of drug-likeness (QED) is 0.453. The van der Waals surface area contributed by atoms with Crippen molar-refractivity contribution in [2.75, 3.05) is 6.61 Å². The summed E-state index contributed by atoms with van der Waals surface area (Å²) >= 11 is 0. The number of esters is 1. The van der Waals surface area contributed by atoms with Crippen molar-refractivity contribution in [3.63, 3.8) is 0 Å². The summed E-state index contributed by atoms with van der Waals surface area (Å²) in [6.07, 6.45) is 9.17. The van der Waals surface area contributed by atoms with Crippen molar-refractivity contribution in [3.8, 4) is 5.75 Å². The monoisotopic (exact) mass is 300 g/mol. The first-order chi connectivity index (χ1) is 10.5. The normalized spacial score (nSPS) is 11.5. The van der Waals surface area contributed by atoms with Crippen LogP contribution in [-0.4, -0.2) is 17.7 Å². The minimum atomic E-state index is -0.374. The van der Waals surface area contributed by atoms with E-state index in [4.69, 9.17) is 9.84 Å². The lowest BCUT2D eigenvalue weighted by Gasteiger charge is -2.01. The second-order valence-corrected chi connectivity index (χ2v) is 5.43. The van der Waals surface area contributed by atoms with Crippen molar-refractivity contribution in [3.05, 3.63) is 59.2 Å². The molecule has 0 heterocycles. The second kappa shape index (κ2) is 9.61. The minimum Gasteiger partial charge on any atom is -0.508 e. The number of rotatable bonds is 7. The Hall–Kier alpha value is -2.29. The zero-order chi connectivity index (χ0) is 16.4. The molecule has 0 aliphatic carbocycles. The molecule has 3 heteroatoms. The molecule has 0 saturated carbocycles. The third kappa shape index (κ3) is 8.10. The number of aromatic hydroxyl groups is 1. The lowest BCUT2D eigenvalue weighted by atomic mass is 10.1. The molecule has 0 saturated heterocycles. The summed E-state index contributed by atoms with van der Waals surface area (Å²) in [5.74, 6) is -0.171. The molecule has 0 bridgehead atoms. The number of carbonyl (C=O) groups excluding carboxylic acids is 1. The van der Waals surface area contributed by atoms with Crippen molar-refractivity contribution in [1.29, 1.82) is 0 Å². The summed E-state index contributed by atoms with van der Waals surface area (Å²) in [5.41, 5.74) is 3.37. The van der Waals surface area contributed by atoms with Gasteiger partial charge in [-0.3, -0.25) is 0 Å². The molecule has 0 atom stereocenters. The van der Waals surface area contributed by atoms with Gasteiger partial charge in [0.1, 0.15) is 12.4 Å². The first-order valence-electron chi connectivity index (χ1n) is 7.40. The summed E-state index contributed by atoms with van der Waals surface area (Å²) in [5, 5.41) is 9.17. The van der Waals surface area contributed by atoms with Crippen molar-refractivity contribution < 1.29 is 14.6 Å². The molecular weight excluding hydrogens is 276 g/mol. The molecule has 1 aromatic rings. The standard InChI is InChI=1S/C19H24O3/c1-15(2)5-4-6-16(3)13-14-22-19(21)12-9-17-7-10-18(20)11-8-17/h5,7-13,20H,4,6,14H2,1-3H3/b12-9+,16-13+. The third-order valence-electron chi connectivity index (χ3n) is 3.05. The van der Waals surface area contributed by atoms with Crippen LogP contribution in [0.4, 0.5) is 0 Å². The fourth-order valence-electron chi connectivity index (χ4n) is 1.75. The van der Waals surface area contributed by atoms with E-state index in [0.717, 1.165) is 18.4 Å². The largest absolute Gasteiger partial charge is 0.508 e. The molecule has 0 aliphatic rings. The maximum atomic E-state index is 11.6. The Labute approximate surface area is 132 Å². The second-order valence-electron chi connectivity index (χ2n) is 5.43. The van der Waals surface area contributed by atoms with Crippen molar-refractivity contribution in [2.45, 2.75) is 33.6 Å². The van der Waals surface area contributed by atoms with E-state index in [9.17, 15) is 4.79 Å². The molecule has 1 rings (SSSR count). The summed E-state index contributed by atoms with van der Waals surface area (Å²) in [6.45, 7) is 6.50. The average molecular weight is 300 g/mol. The number of hydrogen-bond donors (Lipinski definition) is 1. The Morgan fingerprint density at radius 1 is 1.14 bits per heavy atom. The van der Waals surface area contributed by atoms with Crippen LogP contribution in [0, 0.1) is 0 Å². The molecule has 0 radical (unpaired) electrons. The number of phenolic OH excluding ortho intramolecular Hbond substituents is 1. The van der Waals surface area contributed by atoms with Gasteiger partial charge in [-0.1, -0.05) is 29.4 Å². The zero-order valence-corrected chi connectivity index (χ0v) is 13.5. The number of phenols is 1. The minimum absolute atomic E-state index is 0.202. The highest BCUT2D eigenvalue weighted by molar-refractivity contribution is 5.87. The molecule has 22 heavy (non-hydrogen) atoms. The predicted octanol–water partition coefficient (Wildman–Crippen LogP) is 4.64. The van der Waals surface area contributed by atoms with Crippen LogP contribution >= 0.6 is 0 Å². The summed E-state index contributed by atoms with van der Waals surface area (Å²) in [7, 11) is 0. The van der Waals surface area contributed by atoms with E-state index >= 15 is 0 Å². The van der Waals surface area contributed by atoms with Gasteiger partial charge in [0.2, 0.25) is 0 Å². The van der Waals surface area contributed by atoms with Gasteiger partial charge in [-0.05, 0) is 63.5 Å². The first-order valence-corrected chi connectivity index (χ1v) is 7.40. The van der Waals surface area contributed by atoms with E-state index in [1.807, 2.05) is 13.0 Å². The van der Waals surface area contributed by atoms with Gasteiger partial charge in [-0.2, -0.15) is 0 Å². The molecule has 0 aromatic heterocycles. The fraction of sp³-hybridized carbons (Fsp3) is 0.316. The van der Waals surface area contributed by atoms with Crippen molar-refractivity contribution >= 4 is 12.0 Å². The lowest BCUT2D eigenvalue weighted by molar-refractivity contribution is -0.136. The molecule has 0 fully saturated rings. The van der Waals surface area contributed by atoms with Gasteiger partial charge >= 0.3 is 5.97 Å². The van der Waals surface area contributed by atoms with Crippen LogP contribution in [0.25, 0.3) is 6.08 Å². The van der Waals surface area contributed by atoms with Crippen molar-refractivity contribution in [2.24, 2.45) is 0 Å².